The van der Waals surface area contributed by atoms with Crippen molar-refractivity contribution in [1.82, 2.24) is 23.5 Å². The van der Waals surface area contributed by atoms with E-state index in [1.807, 2.05) is 0 Å². The second kappa shape index (κ2) is 10.6. The molecule has 5 heteroatoms. The molecule has 53 heavy (non-hydrogen) atoms. The fourth-order valence-electron chi connectivity index (χ4n) is 8.74. The van der Waals surface area contributed by atoms with Crippen molar-refractivity contribution in [2.75, 3.05) is 0 Å². The normalized spacial score (nSPS) is 12.2. The third-order valence-electron chi connectivity index (χ3n) is 11.0. The first kappa shape index (κ1) is 28.5. The minimum absolute atomic E-state index is 0.826. The molecule has 0 bridgehead atoms. The van der Waals surface area contributed by atoms with Gasteiger partial charge < -0.3 is 4.57 Å². The van der Waals surface area contributed by atoms with Crippen LogP contribution in [0.3, 0.4) is 0 Å². The SMILES string of the molecule is c1ccc2c(c1)nc(-n1c3ccccc3c3cc(-c4ccc(-n5c6ccccc6c6ccccc65)cc4)c4ccccc4c31)n1c3ccccc3nc21. The maximum atomic E-state index is 5.42. The fraction of sp³-hybridized carbons (Fsp3) is 0. The summed E-state index contributed by atoms with van der Waals surface area (Å²) in [5, 5.41) is 8.31. The number of hydrogen-bond acceptors (Lipinski definition) is 2. The maximum absolute atomic E-state index is 5.42. The summed E-state index contributed by atoms with van der Waals surface area (Å²) in [7, 11) is 0. The molecule has 4 aromatic heterocycles. The summed E-state index contributed by atoms with van der Waals surface area (Å²) in [4.78, 5) is 10.6. The van der Waals surface area contributed by atoms with Crippen LogP contribution in [-0.4, -0.2) is 23.5 Å². The van der Waals surface area contributed by atoms with Gasteiger partial charge in [0, 0.05) is 38.0 Å². The van der Waals surface area contributed by atoms with Crippen molar-refractivity contribution in [3.63, 3.8) is 0 Å². The average molecular weight is 676 g/mol. The van der Waals surface area contributed by atoms with E-state index in [0.29, 0.717) is 0 Å². The summed E-state index contributed by atoms with van der Waals surface area (Å²) < 4.78 is 6.97. The molecule has 0 unspecified atom stereocenters. The molecule has 12 aromatic rings. The van der Waals surface area contributed by atoms with E-state index in [4.69, 9.17) is 9.97 Å². The van der Waals surface area contributed by atoms with Crippen molar-refractivity contribution in [2.24, 2.45) is 0 Å². The monoisotopic (exact) mass is 675 g/mol. The molecule has 0 aliphatic rings. The lowest BCUT2D eigenvalue weighted by atomic mass is 9.95. The Kier molecular flexibility index (Phi) is 5.71. The van der Waals surface area contributed by atoms with Crippen molar-refractivity contribution >= 4 is 82.0 Å². The highest BCUT2D eigenvalue weighted by atomic mass is 15.2. The summed E-state index contributed by atoms with van der Waals surface area (Å²) in [5.74, 6) is 0.826. The van der Waals surface area contributed by atoms with Gasteiger partial charge in [0.1, 0.15) is 5.65 Å². The minimum atomic E-state index is 0.826. The van der Waals surface area contributed by atoms with Crippen LogP contribution in [0, 0.1) is 0 Å². The Balaban J connectivity index is 1.14. The molecule has 5 nitrogen and oxygen atoms in total. The van der Waals surface area contributed by atoms with E-state index in [2.05, 4.69) is 189 Å². The Bertz CT molecular complexity index is 3400. The summed E-state index contributed by atoms with van der Waals surface area (Å²) in [5.41, 5.74) is 12.0. The first-order valence-electron chi connectivity index (χ1n) is 18.0. The van der Waals surface area contributed by atoms with Gasteiger partial charge in [-0.2, -0.15) is 0 Å². The van der Waals surface area contributed by atoms with Crippen LogP contribution in [0.2, 0.25) is 0 Å². The van der Waals surface area contributed by atoms with E-state index in [0.717, 1.165) is 50.3 Å². The number of para-hydroxylation sites is 6. The molecule has 0 aliphatic heterocycles. The molecule has 0 N–H and O–H groups in total. The summed E-state index contributed by atoms with van der Waals surface area (Å²) in [6.07, 6.45) is 0. The van der Waals surface area contributed by atoms with E-state index in [-0.39, 0.29) is 0 Å². The quantitative estimate of drug-likeness (QED) is 0.187. The van der Waals surface area contributed by atoms with Crippen LogP contribution in [0.4, 0.5) is 0 Å². The van der Waals surface area contributed by atoms with Crippen LogP contribution in [0.5, 0.6) is 0 Å². The second-order valence-electron chi connectivity index (χ2n) is 13.8. The zero-order chi connectivity index (χ0) is 34.6. The van der Waals surface area contributed by atoms with Crippen molar-refractivity contribution < 1.29 is 0 Å². The van der Waals surface area contributed by atoms with Crippen LogP contribution in [0.15, 0.2) is 176 Å². The Morgan fingerprint density at radius 2 is 0.868 bits per heavy atom. The third-order valence-corrected chi connectivity index (χ3v) is 11.0. The van der Waals surface area contributed by atoms with E-state index in [1.165, 1.54) is 54.5 Å². The number of benzene rings is 8. The number of hydrogen-bond donors (Lipinski definition) is 0. The van der Waals surface area contributed by atoms with Gasteiger partial charge in [-0.25, -0.2) is 9.97 Å². The van der Waals surface area contributed by atoms with E-state index in [1.54, 1.807) is 0 Å². The summed E-state index contributed by atoms with van der Waals surface area (Å²) >= 11 is 0. The predicted molar refractivity (Wildman–Crippen MR) is 220 cm³/mol. The molecule has 0 fully saturated rings. The highest BCUT2D eigenvalue weighted by Crippen LogP contribution is 2.42. The number of rotatable bonds is 3. The first-order valence-corrected chi connectivity index (χ1v) is 18.0. The molecular formula is C48H29N5. The fourth-order valence-corrected chi connectivity index (χ4v) is 8.74. The van der Waals surface area contributed by atoms with Gasteiger partial charge in [-0.1, -0.05) is 115 Å². The summed E-state index contributed by atoms with van der Waals surface area (Å²) in [6.45, 7) is 0. The molecular weight excluding hydrogens is 647 g/mol. The Morgan fingerprint density at radius 1 is 0.358 bits per heavy atom. The van der Waals surface area contributed by atoms with Gasteiger partial charge in [0.05, 0.1) is 38.6 Å². The van der Waals surface area contributed by atoms with Crippen LogP contribution in [-0.2, 0) is 0 Å². The minimum Gasteiger partial charge on any atom is -0.309 e. The van der Waals surface area contributed by atoms with E-state index >= 15 is 0 Å². The lowest BCUT2D eigenvalue weighted by molar-refractivity contribution is 0.982. The predicted octanol–water partition coefficient (Wildman–Crippen LogP) is 12.1. The molecule has 8 aromatic carbocycles. The van der Waals surface area contributed by atoms with Gasteiger partial charge in [0.25, 0.3) is 0 Å². The lowest BCUT2D eigenvalue weighted by Gasteiger charge is -2.15. The highest BCUT2D eigenvalue weighted by Gasteiger charge is 2.22. The van der Waals surface area contributed by atoms with Crippen LogP contribution in [0.1, 0.15) is 0 Å². The lowest BCUT2D eigenvalue weighted by Crippen LogP contribution is -2.06. The molecule has 246 valence electrons. The highest BCUT2D eigenvalue weighted by molar-refractivity contribution is 6.22. The number of aromatic nitrogens is 5. The topological polar surface area (TPSA) is 40.0 Å². The molecule has 4 heterocycles. The Morgan fingerprint density at radius 3 is 1.55 bits per heavy atom. The van der Waals surface area contributed by atoms with Gasteiger partial charge in [0.15, 0.2) is 0 Å². The zero-order valence-corrected chi connectivity index (χ0v) is 28.5. The molecule has 0 atom stereocenters. The molecule has 0 amide bonds. The standard InChI is InChI=1S/C48H29N5/c1-2-17-36-32(13-1)38(30-25-27-31(28-26-30)51-42-21-9-4-14-33(42)34-15-5-10-22-43(34)51)29-39-35-16-6-11-23-44(35)52(46(36)39)48-50-40-19-7-3-18-37(40)47-49-41-20-8-12-24-45(41)53(47)48/h1-29H. The van der Waals surface area contributed by atoms with Gasteiger partial charge in [-0.05, 0) is 77.2 Å². The number of nitrogens with zero attached hydrogens (tertiary/aromatic N) is 5. The summed E-state index contributed by atoms with van der Waals surface area (Å²) in [6, 6.07) is 63.0. The molecule has 0 radical (unpaired) electrons. The van der Waals surface area contributed by atoms with Crippen LogP contribution < -0.4 is 0 Å². The van der Waals surface area contributed by atoms with Gasteiger partial charge in [-0.3, -0.25) is 8.97 Å². The number of fused-ring (bicyclic) bond motifs is 13. The van der Waals surface area contributed by atoms with Crippen molar-refractivity contribution in [1.29, 1.82) is 0 Å². The zero-order valence-electron chi connectivity index (χ0n) is 28.5. The van der Waals surface area contributed by atoms with Crippen LogP contribution in [0.25, 0.3) is 105 Å². The van der Waals surface area contributed by atoms with Gasteiger partial charge >= 0.3 is 0 Å². The molecule has 0 saturated carbocycles. The maximum Gasteiger partial charge on any atom is 0.221 e. The third kappa shape index (κ3) is 3.91. The van der Waals surface area contributed by atoms with E-state index in [9.17, 15) is 0 Å². The van der Waals surface area contributed by atoms with Crippen molar-refractivity contribution in [3.05, 3.63) is 176 Å². The second-order valence-corrected chi connectivity index (χ2v) is 13.8. The molecule has 0 aliphatic carbocycles. The number of imidazole rings is 1. The van der Waals surface area contributed by atoms with Crippen molar-refractivity contribution in [2.45, 2.75) is 0 Å². The molecule has 0 saturated heterocycles. The van der Waals surface area contributed by atoms with E-state index < -0.39 is 0 Å². The Hall–Kier alpha value is -7.24. The smallest absolute Gasteiger partial charge is 0.221 e. The largest absolute Gasteiger partial charge is 0.309 e. The first-order chi connectivity index (χ1) is 26.3. The van der Waals surface area contributed by atoms with Gasteiger partial charge in [-0.15, -0.1) is 0 Å². The Labute approximate surface area is 303 Å². The van der Waals surface area contributed by atoms with Crippen LogP contribution >= 0.6 is 0 Å². The molecule has 12 rings (SSSR count). The van der Waals surface area contributed by atoms with Gasteiger partial charge in [0.2, 0.25) is 5.95 Å². The average Bonchev–Trinajstić information content (AvgIpc) is 3.89. The molecule has 0 spiro atoms. The van der Waals surface area contributed by atoms with Crippen molar-refractivity contribution in [3.8, 4) is 22.8 Å².